The summed E-state index contributed by atoms with van der Waals surface area (Å²) in [5, 5.41) is 9.98. The Labute approximate surface area is 114 Å². The smallest absolute Gasteiger partial charge is 0.314 e. The van der Waals surface area contributed by atoms with Crippen LogP contribution >= 0.6 is 0 Å². The molecule has 0 aromatic carbocycles. The van der Waals surface area contributed by atoms with Gasteiger partial charge in [0.1, 0.15) is 0 Å². The van der Waals surface area contributed by atoms with Crippen molar-refractivity contribution in [1.29, 1.82) is 0 Å². The lowest BCUT2D eigenvalue weighted by molar-refractivity contribution is 0.193. The van der Waals surface area contributed by atoms with Crippen molar-refractivity contribution in [2.75, 3.05) is 26.8 Å². The van der Waals surface area contributed by atoms with Gasteiger partial charge in [-0.15, -0.1) is 0 Å². The second-order valence-electron chi connectivity index (χ2n) is 4.55. The van der Waals surface area contributed by atoms with Gasteiger partial charge in [-0.25, -0.2) is 4.79 Å². The van der Waals surface area contributed by atoms with Gasteiger partial charge in [-0.2, -0.15) is 5.10 Å². The maximum absolute atomic E-state index is 11.5. The Balaban J connectivity index is 2.24. The maximum atomic E-state index is 11.5. The van der Waals surface area contributed by atoms with Crippen molar-refractivity contribution in [1.82, 2.24) is 20.4 Å². The maximum Gasteiger partial charge on any atom is 0.314 e. The molecule has 0 aliphatic heterocycles. The summed E-state index contributed by atoms with van der Waals surface area (Å²) in [5.74, 6) is 0. The molecule has 0 fully saturated rings. The molecule has 1 aromatic heterocycles. The van der Waals surface area contributed by atoms with Crippen LogP contribution < -0.4 is 10.6 Å². The van der Waals surface area contributed by atoms with Crippen LogP contribution in [0.4, 0.5) is 4.79 Å². The number of hydrogen-bond donors (Lipinski definition) is 2. The van der Waals surface area contributed by atoms with E-state index in [1.54, 1.807) is 7.11 Å². The van der Waals surface area contributed by atoms with Crippen LogP contribution in [0.3, 0.4) is 0 Å². The Kier molecular flexibility index (Phi) is 6.35. The van der Waals surface area contributed by atoms with Gasteiger partial charge in [0.25, 0.3) is 0 Å². The lowest BCUT2D eigenvalue weighted by Crippen LogP contribution is -2.37. The van der Waals surface area contributed by atoms with E-state index in [1.165, 1.54) is 5.56 Å². The van der Waals surface area contributed by atoms with Crippen LogP contribution in [-0.2, 0) is 18.2 Å². The van der Waals surface area contributed by atoms with Crippen LogP contribution in [0.5, 0.6) is 0 Å². The molecule has 0 radical (unpaired) electrons. The van der Waals surface area contributed by atoms with Gasteiger partial charge in [0.2, 0.25) is 0 Å². The first-order chi connectivity index (χ1) is 9.06. The predicted octanol–water partition coefficient (Wildman–Crippen LogP) is 0.915. The fourth-order valence-electron chi connectivity index (χ4n) is 1.96. The van der Waals surface area contributed by atoms with Gasteiger partial charge in [0.05, 0.1) is 5.69 Å². The van der Waals surface area contributed by atoms with Crippen LogP contribution in [-0.4, -0.2) is 42.6 Å². The summed E-state index contributed by atoms with van der Waals surface area (Å²) in [5.41, 5.74) is 3.39. The van der Waals surface area contributed by atoms with E-state index in [0.29, 0.717) is 19.7 Å². The molecular weight excluding hydrogens is 244 g/mol. The minimum Gasteiger partial charge on any atom is -0.385 e. The van der Waals surface area contributed by atoms with E-state index in [1.807, 2.05) is 25.6 Å². The molecule has 0 aliphatic rings. The number of aryl methyl sites for hydroxylation is 2. The number of carbonyl (C=O) groups excluding carboxylic acids is 1. The first kappa shape index (κ1) is 15.5. The third-order valence-corrected chi connectivity index (χ3v) is 3.13. The molecule has 0 spiro atoms. The molecule has 0 atom stereocenters. The zero-order valence-electron chi connectivity index (χ0n) is 12.2. The number of urea groups is 1. The van der Waals surface area contributed by atoms with Crippen LogP contribution in [0, 0.1) is 13.8 Å². The summed E-state index contributed by atoms with van der Waals surface area (Å²) in [6.07, 6.45) is 1.63. The van der Waals surface area contributed by atoms with Gasteiger partial charge in [0.15, 0.2) is 0 Å². The molecule has 108 valence electrons. The fourth-order valence-corrected chi connectivity index (χ4v) is 1.96. The Morgan fingerprint density at radius 1 is 1.32 bits per heavy atom. The van der Waals surface area contributed by atoms with E-state index in [4.69, 9.17) is 4.74 Å². The normalized spacial score (nSPS) is 10.5. The quantitative estimate of drug-likeness (QED) is 0.722. The molecule has 19 heavy (non-hydrogen) atoms. The lowest BCUT2D eigenvalue weighted by Gasteiger charge is -2.07. The van der Waals surface area contributed by atoms with Gasteiger partial charge in [-0.1, -0.05) is 0 Å². The average Bonchev–Trinajstić information content (AvgIpc) is 2.61. The minimum absolute atomic E-state index is 0.129. The molecule has 1 heterocycles. The van der Waals surface area contributed by atoms with Crippen molar-refractivity contribution in [2.45, 2.75) is 26.7 Å². The number of hydrogen-bond acceptors (Lipinski definition) is 3. The Morgan fingerprint density at radius 2 is 2.00 bits per heavy atom. The number of methoxy groups -OCH3 is 1. The second-order valence-corrected chi connectivity index (χ2v) is 4.55. The molecule has 0 saturated heterocycles. The molecule has 1 rings (SSSR count). The van der Waals surface area contributed by atoms with Gasteiger partial charge in [-0.05, 0) is 32.3 Å². The molecule has 2 amide bonds. The topological polar surface area (TPSA) is 68.2 Å². The van der Waals surface area contributed by atoms with E-state index in [-0.39, 0.29) is 6.03 Å². The fraction of sp³-hybridized carbons (Fsp3) is 0.692. The molecule has 6 nitrogen and oxygen atoms in total. The molecule has 0 aliphatic carbocycles. The van der Waals surface area contributed by atoms with E-state index in [0.717, 1.165) is 24.2 Å². The predicted molar refractivity (Wildman–Crippen MR) is 74.3 cm³/mol. The highest BCUT2D eigenvalue weighted by Gasteiger charge is 2.09. The standard InChI is InChI=1S/C13H24N4O2/c1-10-12(11(2)17(3)16-10)6-8-15-13(18)14-7-5-9-19-4/h5-9H2,1-4H3,(H2,14,15,18). The van der Waals surface area contributed by atoms with Gasteiger partial charge >= 0.3 is 6.03 Å². The summed E-state index contributed by atoms with van der Waals surface area (Å²) in [4.78, 5) is 11.5. The highest BCUT2D eigenvalue weighted by Crippen LogP contribution is 2.11. The molecule has 2 N–H and O–H groups in total. The number of rotatable bonds is 7. The highest BCUT2D eigenvalue weighted by atomic mass is 16.5. The Hall–Kier alpha value is -1.56. The molecule has 6 heteroatoms. The van der Waals surface area contributed by atoms with Crippen LogP contribution in [0.1, 0.15) is 23.4 Å². The van der Waals surface area contributed by atoms with Crippen LogP contribution in [0.15, 0.2) is 0 Å². The Bertz CT molecular complexity index is 415. The van der Waals surface area contributed by atoms with Crippen molar-refractivity contribution in [3.8, 4) is 0 Å². The summed E-state index contributed by atoms with van der Waals surface area (Å²) in [7, 11) is 3.58. The molecule has 0 saturated carbocycles. The van der Waals surface area contributed by atoms with E-state index < -0.39 is 0 Å². The largest absolute Gasteiger partial charge is 0.385 e. The number of ether oxygens (including phenoxy) is 1. The summed E-state index contributed by atoms with van der Waals surface area (Å²) < 4.78 is 6.78. The number of nitrogens with zero attached hydrogens (tertiary/aromatic N) is 2. The third kappa shape index (κ3) is 4.90. The summed E-state index contributed by atoms with van der Waals surface area (Å²) in [6, 6.07) is -0.129. The zero-order valence-corrected chi connectivity index (χ0v) is 12.2. The molecule has 0 bridgehead atoms. The van der Waals surface area contributed by atoms with Crippen LogP contribution in [0.2, 0.25) is 0 Å². The lowest BCUT2D eigenvalue weighted by atomic mass is 10.1. The number of nitrogens with one attached hydrogen (secondary N) is 2. The summed E-state index contributed by atoms with van der Waals surface area (Å²) >= 11 is 0. The molecule has 0 unspecified atom stereocenters. The third-order valence-electron chi connectivity index (χ3n) is 3.13. The first-order valence-electron chi connectivity index (χ1n) is 6.56. The number of amides is 2. The number of carbonyl (C=O) groups is 1. The highest BCUT2D eigenvalue weighted by molar-refractivity contribution is 5.73. The average molecular weight is 268 g/mol. The van der Waals surface area contributed by atoms with E-state index >= 15 is 0 Å². The molecule has 1 aromatic rings. The van der Waals surface area contributed by atoms with Crippen molar-refractivity contribution in [3.05, 3.63) is 17.0 Å². The minimum atomic E-state index is -0.129. The van der Waals surface area contributed by atoms with Gasteiger partial charge in [0, 0.05) is 39.5 Å². The van der Waals surface area contributed by atoms with Crippen molar-refractivity contribution >= 4 is 6.03 Å². The van der Waals surface area contributed by atoms with Gasteiger partial charge < -0.3 is 15.4 Å². The first-order valence-corrected chi connectivity index (χ1v) is 6.56. The van der Waals surface area contributed by atoms with Crippen molar-refractivity contribution < 1.29 is 9.53 Å². The van der Waals surface area contributed by atoms with E-state index in [9.17, 15) is 4.79 Å². The zero-order chi connectivity index (χ0) is 14.3. The number of aromatic nitrogens is 2. The summed E-state index contributed by atoms with van der Waals surface area (Å²) in [6.45, 7) is 5.94. The SMILES string of the molecule is COCCCNC(=O)NCCc1c(C)nn(C)c1C. The molecular formula is C13H24N4O2. The van der Waals surface area contributed by atoms with Crippen molar-refractivity contribution in [2.24, 2.45) is 7.05 Å². The monoisotopic (exact) mass is 268 g/mol. The van der Waals surface area contributed by atoms with Gasteiger partial charge in [-0.3, -0.25) is 4.68 Å². The van der Waals surface area contributed by atoms with Crippen LogP contribution in [0.25, 0.3) is 0 Å². The van der Waals surface area contributed by atoms with E-state index in [2.05, 4.69) is 15.7 Å². The second kappa shape index (κ2) is 7.78. The Morgan fingerprint density at radius 3 is 2.58 bits per heavy atom. The van der Waals surface area contributed by atoms with Crippen molar-refractivity contribution in [3.63, 3.8) is 0 Å².